The third-order valence-electron chi connectivity index (χ3n) is 18.9. The van der Waals surface area contributed by atoms with E-state index < -0.39 is 134 Å². The molecule has 572 valence electrons. The number of hydrogen-bond acceptors (Lipinski definition) is 27. The maximum atomic E-state index is 14.8. The van der Waals surface area contributed by atoms with Gasteiger partial charge in [-0.1, -0.05) is 36.4 Å². The van der Waals surface area contributed by atoms with Gasteiger partial charge in [-0.2, -0.15) is 5.10 Å². The summed E-state index contributed by atoms with van der Waals surface area (Å²) in [7, 11) is 5.65. The molecule has 6 aliphatic heterocycles. The van der Waals surface area contributed by atoms with Gasteiger partial charge in [0.15, 0.2) is 41.2 Å². The van der Waals surface area contributed by atoms with Gasteiger partial charge in [-0.05, 0) is 101 Å². The summed E-state index contributed by atoms with van der Waals surface area (Å²) < 4.78 is 71.3. The molecule has 0 radical (unpaired) electrons. The number of methoxy groups -OCH3 is 4. The number of nitrogens with one attached hydrogen (secondary N) is 1. The van der Waals surface area contributed by atoms with Crippen molar-refractivity contribution in [3.63, 3.8) is 0 Å². The molecular formula is C73H89N7O26. The molecule has 0 spiro atoms. The second-order valence-electron chi connectivity index (χ2n) is 27.5. The Labute approximate surface area is 609 Å². The van der Waals surface area contributed by atoms with Crippen molar-refractivity contribution in [2.45, 2.75) is 165 Å². The molecule has 0 aliphatic carbocycles. The Morgan fingerprint density at radius 3 is 1.66 bits per heavy atom. The number of benzene rings is 4. The van der Waals surface area contributed by atoms with Crippen LogP contribution in [-0.4, -0.2) is 244 Å². The molecular weight excluding hydrogens is 1390 g/mol. The van der Waals surface area contributed by atoms with Crippen LogP contribution < -0.4 is 43.5 Å². The first kappa shape index (κ1) is 77.6. The van der Waals surface area contributed by atoms with Crippen LogP contribution in [0.2, 0.25) is 0 Å². The van der Waals surface area contributed by atoms with Crippen LogP contribution in [0.5, 0.6) is 34.5 Å². The van der Waals surface area contributed by atoms with E-state index in [-0.39, 0.29) is 151 Å². The first-order valence-corrected chi connectivity index (χ1v) is 34.3. The number of carbonyl (C=O) groups is 6. The summed E-state index contributed by atoms with van der Waals surface area (Å²) >= 11 is 0. The highest BCUT2D eigenvalue weighted by Gasteiger charge is 2.50. The van der Waals surface area contributed by atoms with E-state index in [4.69, 9.17) is 61.9 Å². The van der Waals surface area contributed by atoms with Crippen molar-refractivity contribution in [1.29, 1.82) is 0 Å². The summed E-state index contributed by atoms with van der Waals surface area (Å²) in [6.07, 6.45) is -18.4. The van der Waals surface area contributed by atoms with Crippen LogP contribution in [-0.2, 0) is 60.4 Å². The topological polar surface area (TPSA) is 418 Å². The third kappa shape index (κ3) is 16.3. The predicted octanol–water partition coefficient (Wildman–Crippen LogP) is 3.31. The molecule has 13 atom stereocenters. The Kier molecular flexibility index (Phi) is 23.9. The summed E-state index contributed by atoms with van der Waals surface area (Å²) in [5.41, 5.74) is 1.47. The second-order valence-corrected chi connectivity index (χ2v) is 27.5. The van der Waals surface area contributed by atoms with Crippen molar-refractivity contribution in [1.82, 2.24) is 24.9 Å². The lowest BCUT2D eigenvalue weighted by Crippen LogP contribution is -2.58. The SMILES string of the molecule is C=C1C[C@H]2C(O)N(C(=O)OCc3ccc(O[C@@H]4OC[C@@H](O)[C@H](O)[C@H]4O)c(C(=O)NCCOC)c3)c3cc(OCc4cc(COc5cc6c(cc5OC)C(=O)N5CC(=C)C[C@H]5C(O)N6C(=O)OCc5ccc(O[C@@H]6O[C@H](C)[C@@H](O)[C@H](O)[C@H]6O)c(C(=O)CCCOC)c5)n(C(C)(C)C)n4)c(OC)cc3C(=O)N2C1. The number of rotatable bonds is 25. The Hall–Kier alpha value is -9.49. The zero-order valence-corrected chi connectivity index (χ0v) is 59.8. The summed E-state index contributed by atoms with van der Waals surface area (Å²) in [5, 5.41) is 94.7. The lowest BCUT2D eigenvalue weighted by Gasteiger charge is -2.39. The monoisotopic (exact) mass is 1480 g/mol. The number of ketones is 1. The van der Waals surface area contributed by atoms with E-state index in [0.29, 0.717) is 29.0 Å². The summed E-state index contributed by atoms with van der Waals surface area (Å²) in [5.74, 6) is -2.16. The molecule has 4 fully saturated rings. The lowest BCUT2D eigenvalue weighted by atomic mass is 9.99. The maximum Gasteiger partial charge on any atom is 0.416 e. The molecule has 1 aromatic heterocycles. The van der Waals surface area contributed by atoms with E-state index in [2.05, 4.69) is 18.5 Å². The molecule has 33 nitrogen and oxygen atoms in total. The molecule has 106 heavy (non-hydrogen) atoms. The summed E-state index contributed by atoms with van der Waals surface area (Å²) in [6.45, 7) is 14.1. The van der Waals surface area contributed by atoms with E-state index in [9.17, 15) is 69.6 Å². The summed E-state index contributed by atoms with van der Waals surface area (Å²) in [6, 6.07) is 13.8. The summed E-state index contributed by atoms with van der Waals surface area (Å²) in [4.78, 5) is 90.7. The van der Waals surface area contributed by atoms with Crippen LogP contribution in [0.4, 0.5) is 21.0 Å². The Morgan fingerprint density at radius 2 is 1.12 bits per heavy atom. The first-order chi connectivity index (χ1) is 50.5. The minimum absolute atomic E-state index is 0.00184. The Balaban J connectivity index is 0.845. The molecule has 0 saturated carbocycles. The fourth-order valence-electron chi connectivity index (χ4n) is 13.4. The Morgan fingerprint density at radius 1 is 0.604 bits per heavy atom. The molecule has 9 N–H and O–H groups in total. The molecule has 6 aliphatic rings. The fourth-order valence-corrected chi connectivity index (χ4v) is 13.4. The highest BCUT2D eigenvalue weighted by molar-refractivity contribution is 6.07. The van der Waals surface area contributed by atoms with Crippen molar-refractivity contribution in [2.75, 3.05) is 77.7 Å². The van der Waals surface area contributed by atoms with E-state index in [0.717, 1.165) is 9.80 Å². The number of ether oxygens (including phenoxy) is 12. The molecule has 11 rings (SSSR count). The Bertz CT molecular complexity index is 4140. The molecule has 33 heteroatoms. The number of amides is 5. The van der Waals surface area contributed by atoms with Crippen molar-refractivity contribution >= 4 is 47.1 Å². The highest BCUT2D eigenvalue weighted by Crippen LogP contribution is 2.45. The van der Waals surface area contributed by atoms with Crippen LogP contribution in [0, 0.1) is 0 Å². The number of anilines is 2. The molecule has 4 saturated heterocycles. The molecule has 5 aromatic rings. The average Bonchev–Trinajstić information content (AvgIpc) is 1.62. The van der Waals surface area contributed by atoms with Crippen molar-refractivity contribution in [3.05, 3.63) is 136 Å². The van der Waals surface area contributed by atoms with Crippen LogP contribution in [0.15, 0.2) is 91.0 Å². The van der Waals surface area contributed by atoms with Gasteiger partial charge in [0.05, 0.1) is 90.5 Å². The zero-order chi connectivity index (χ0) is 76.3. The van der Waals surface area contributed by atoms with Gasteiger partial charge in [-0.25, -0.2) is 19.4 Å². The molecule has 5 amide bonds. The maximum absolute atomic E-state index is 14.8. The second kappa shape index (κ2) is 32.7. The van der Waals surface area contributed by atoms with Gasteiger partial charge in [0, 0.05) is 59.0 Å². The molecule has 2 unspecified atom stereocenters. The van der Waals surface area contributed by atoms with Crippen LogP contribution in [0.1, 0.15) is 117 Å². The first-order valence-electron chi connectivity index (χ1n) is 34.3. The van der Waals surface area contributed by atoms with Gasteiger partial charge in [-0.15, -0.1) is 0 Å². The van der Waals surface area contributed by atoms with E-state index >= 15 is 0 Å². The van der Waals surface area contributed by atoms with Crippen molar-refractivity contribution < 1.29 is 126 Å². The van der Waals surface area contributed by atoms with Crippen LogP contribution >= 0.6 is 0 Å². The van der Waals surface area contributed by atoms with Crippen LogP contribution in [0.3, 0.4) is 0 Å². The van der Waals surface area contributed by atoms with E-state index in [1.165, 1.54) is 106 Å². The minimum atomic E-state index is -1.71. The largest absolute Gasteiger partial charge is 0.493 e. The molecule has 4 aromatic carbocycles. The van der Waals surface area contributed by atoms with Gasteiger partial charge < -0.3 is 113 Å². The lowest BCUT2D eigenvalue weighted by molar-refractivity contribution is -0.268. The van der Waals surface area contributed by atoms with Gasteiger partial charge in [0.1, 0.15) is 80.2 Å². The number of aromatic nitrogens is 2. The number of hydrogen-bond donors (Lipinski definition) is 9. The minimum Gasteiger partial charge on any atom is -0.493 e. The number of aliphatic hydroxyl groups is 8. The highest BCUT2D eigenvalue weighted by atomic mass is 16.7. The fraction of sp³-hybridized carbons (Fsp3) is 0.493. The number of aliphatic hydroxyl groups excluding tert-OH is 8. The zero-order valence-electron chi connectivity index (χ0n) is 59.8. The van der Waals surface area contributed by atoms with Crippen molar-refractivity contribution in [3.8, 4) is 34.5 Å². The predicted molar refractivity (Wildman–Crippen MR) is 370 cm³/mol. The van der Waals surface area contributed by atoms with Gasteiger partial charge in [-0.3, -0.25) is 23.9 Å². The van der Waals surface area contributed by atoms with E-state index in [1.807, 2.05) is 20.8 Å². The van der Waals surface area contributed by atoms with Gasteiger partial charge in [0.2, 0.25) is 12.6 Å². The molecule has 7 heterocycles. The number of carbonyl (C=O) groups excluding carboxylic acids is 6. The third-order valence-corrected chi connectivity index (χ3v) is 18.9. The average molecular weight is 1480 g/mol. The molecule has 0 bridgehead atoms. The van der Waals surface area contributed by atoms with E-state index in [1.54, 1.807) is 10.7 Å². The van der Waals surface area contributed by atoms with Gasteiger partial charge in [0.25, 0.3) is 17.7 Å². The smallest absolute Gasteiger partial charge is 0.416 e. The standard InChI is InChI=1S/C73H89N7O26/c1-36-20-49-67(91)78(72(94)103-32-40-14-16-54(46(23-40)64(88)74-17-19-96-8)105-69-62(86)60(84)52(82)35-101-69)47-27-57(55(97-9)25-43(47)65(89)76(49)29-36)99-33-41-24-42(80(75-41)73(4,5)6)34-100-58-28-48-44(26-56(58)98-10)66(90)77-30-37(2)21-50(77)68(92)79(48)71(93)102-31-39-13-15-53(45(22-39)51(81)12-11-18-95-7)106-70-63(87)61(85)59(83)38(3)104-70/h13-16,22-28,38,49-50,52,59-63,67-70,82-87,91-92H,1-2,11-12,17-21,29-35H2,3-10H3,(H,74,88)/t38-,49+,50+,52-,59-,60+,61+,62-,63-,67?,68?,69+,70+/m1/s1. The normalized spacial score (nSPS) is 25.0. The quantitative estimate of drug-likeness (QED) is 0.0230. The van der Waals surface area contributed by atoms with Crippen LogP contribution in [0.25, 0.3) is 0 Å². The number of Topliss-reactive ketones (excluding diaryl/α,β-unsaturated/α-hetero) is 1. The van der Waals surface area contributed by atoms with Gasteiger partial charge >= 0.3 is 12.2 Å². The number of nitrogens with zero attached hydrogens (tertiary/aromatic N) is 6. The number of fused-ring (bicyclic) bond motifs is 4. The van der Waals surface area contributed by atoms with Crippen molar-refractivity contribution in [2.24, 2.45) is 0 Å².